The van der Waals surface area contributed by atoms with Crippen LogP contribution in [-0.2, 0) is 7.05 Å². The average molecular weight is 312 g/mol. The second kappa shape index (κ2) is 4.89. The summed E-state index contributed by atoms with van der Waals surface area (Å²) in [4.78, 5) is 11.9. The molecule has 2 rings (SSSR count). The van der Waals surface area contributed by atoms with Gasteiger partial charge in [0.25, 0.3) is 5.91 Å². The minimum Gasteiger partial charge on any atom is -0.320 e. The fourth-order valence-corrected chi connectivity index (χ4v) is 1.96. The summed E-state index contributed by atoms with van der Waals surface area (Å²) < 4.78 is 15.3. The Kier molecular flexibility index (Phi) is 3.47. The van der Waals surface area contributed by atoms with Crippen LogP contribution in [0.2, 0.25) is 0 Å². The number of amides is 1. The Morgan fingerprint density at radius 3 is 2.83 bits per heavy atom. The first-order valence-electron chi connectivity index (χ1n) is 5.24. The van der Waals surface area contributed by atoms with Gasteiger partial charge in [-0.15, -0.1) is 0 Å². The van der Waals surface area contributed by atoms with Gasteiger partial charge in [0.15, 0.2) is 5.69 Å². The monoisotopic (exact) mass is 311 g/mol. The van der Waals surface area contributed by atoms with Gasteiger partial charge in [0.05, 0.1) is 4.47 Å². The number of hydrogen-bond acceptors (Lipinski definition) is 2. The SMILES string of the molecule is Cc1cc(Br)c(F)cc1NC(=O)c1ccn(C)n1. The molecule has 4 nitrogen and oxygen atoms in total. The third-order valence-corrected chi connectivity index (χ3v) is 3.07. The predicted octanol–water partition coefficient (Wildman–Crippen LogP) is 2.88. The highest BCUT2D eigenvalue weighted by atomic mass is 79.9. The highest BCUT2D eigenvalue weighted by Crippen LogP contribution is 2.24. The fraction of sp³-hybridized carbons (Fsp3) is 0.167. The second-order valence-corrected chi connectivity index (χ2v) is 4.76. The van der Waals surface area contributed by atoms with Crippen molar-refractivity contribution in [2.75, 3.05) is 5.32 Å². The van der Waals surface area contributed by atoms with Crippen LogP contribution < -0.4 is 5.32 Å². The lowest BCUT2D eigenvalue weighted by atomic mass is 10.2. The number of nitrogens with one attached hydrogen (secondary N) is 1. The van der Waals surface area contributed by atoms with E-state index >= 15 is 0 Å². The van der Waals surface area contributed by atoms with Gasteiger partial charge < -0.3 is 5.32 Å². The molecule has 0 unspecified atom stereocenters. The standard InChI is InChI=1S/C12H11BrFN3O/c1-7-5-8(13)9(14)6-11(7)15-12(18)10-3-4-17(2)16-10/h3-6H,1-2H3,(H,15,18). The maximum absolute atomic E-state index is 13.4. The van der Waals surface area contributed by atoms with Crippen molar-refractivity contribution < 1.29 is 9.18 Å². The molecule has 0 saturated carbocycles. The van der Waals surface area contributed by atoms with E-state index in [2.05, 4.69) is 26.3 Å². The van der Waals surface area contributed by atoms with Gasteiger partial charge in [-0.2, -0.15) is 5.10 Å². The number of aryl methyl sites for hydroxylation is 2. The number of benzene rings is 1. The number of carbonyl (C=O) groups excluding carboxylic acids is 1. The number of nitrogens with zero attached hydrogens (tertiary/aromatic N) is 2. The summed E-state index contributed by atoms with van der Waals surface area (Å²) >= 11 is 3.09. The Balaban J connectivity index is 2.24. The van der Waals surface area contributed by atoms with E-state index in [1.807, 2.05) is 0 Å². The molecule has 1 heterocycles. The summed E-state index contributed by atoms with van der Waals surface area (Å²) in [5.41, 5.74) is 1.50. The molecule has 0 radical (unpaired) electrons. The van der Waals surface area contributed by atoms with E-state index in [1.54, 1.807) is 32.3 Å². The van der Waals surface area contributed by atoms with Gasteiger partial charge in [-0.05, 0) is 46.6 Å². The van der Waals surface area contributed by atoms with Gasteiger partial charge in [-0.1, -0.05) is 0 Å². The summed E-state index contributed by atoms with van der Waals surface area (Å²) in [6.45, 7) is 1.79. The van der Waals surface area contributed by atoms with Gasteiger partial charge >= 0.3 is 0 Å². The zero-order valence-electron chi connectivity index (χ0n) is 9.87. The zero-order chi connectivity index (χ0) is 13.3. The Hall–Kier alpha value is -1.69. The number of rotatable bonds is 2. The fourth-order valence-electron chi connectivity index (χ4n) is 1.50. The lowest BCUT2D eigenvalue weighted by Gasteiger charge is -2.08. The van der Waals surface area contributed by atoms with Gasteiger partial charge in [-0.3, -0.25) is 9.48 Å². The van der Waals surface area contributed by atoms with Crippen LogP contribution in [0.5, 0.6) is 0 Å². The molecule has 0 saturated heterocycles. The Labute approximate surface area is 112 Å². The number of halogens is 2. The minimum atomic E-state index is -0.420. The van der Waals surface area contributed by atoms with Crippen LogP contribution in [0.4, 0.5) is 10.1 Å². The zero-order valence-corrected chi connectivity index (χ0v) is 11.5. The van der Waals surface area contributed by atoms with E-state index in [-0.39, 0.29) is 5.91 Å². The van der Waals surface area contributed by atoms with Crippen LogP contribution in [0, 0.1) is 12.7 Å². The maximum Gasteiger partial charge on any atom is 0.276 e. The molecule has 0 aliphatic heterocycles. The number of hydrogen-bond donors (Lipinski definition) is 1. The van der Waals surface area contributed by atoms with Crippen LogP contribution in [0.15, 0.2) is 28.9 Å². The minimum absolute atomic E-state index is 0.292. The van der Waals surface area contributed by atoms with E-state index < -0.39 is 5.82 Å². The molecule has 1 aromatic carbocycles. The summed E-state index contributed by atoms with van der Waals surface area (Å²) in [7, 11) is 1.72. The normalized spacial score (nSPS) is 10.4. The molecule has 18 heavy (non-hydrogen) atoms. The number of aromatic nitrogens is 2. The molecule has 0 aliphatic carbocycles. The predicted molar refractivity (Wildman–Crippen MR) is 70.0 cm³/mol. The van der Waals surface area contributed by atoms with Crippen LogP contribution in [0.25, 0.3) is 0 Å². The average Bonchev–Trinajstić information content (AvgIpc) is 2.73. The first kappa shape index (κ1) is 12.8. The molecule has 1 N–H and O–H groups in total. The molecule has 0 spiro atoms. The van der Waals surface area contributed by atoms with Crippen molar-refractivity contribution >= 4 is 27.5 Å². The largest absolute Gasteiger partial charge is 0.320 e. The van der Waals surface area contributed by atoms with E-state index in [1.165, 1.54) is 10.7 Å². The molecule has 2 aromatic rings. The van der Waals surface area contributed by atoms with Crippen molar-refractivity contribution in [2.45, 2.75) is 6.92 Å². The van der Waals surface area contributed by atoms with Crippen molar-refractivity contribution in [3.8, 4) is 0 Å². The van der Waals surface area contributed by atoms with E-state index in [9.17, 15) is 9.18 Å². The summed E-state index contributed by atoms with van der Waals surface area (Å²) in [5.74, 6) is -0.780. The summed E-state index contributed by atoms with van der Waals surface area (Å²) in [6.07, 6.45) is 1.67. The number of anilines is 1. The van der Waals surface area contributed by atoms with Crippen LogP contribution in [0.1, 0.15) is 16.1 Å². The van der Waals surface area contributed by atoms with Gasteiger partial charge in [-0.25, -0.2) is 4.39 Å². The molecule has 0 fully saturated rings. The smallest absolute Gasteiger partial charge is 0.276 e. The molecule has 0 aliphatic rings. The van der Waals surface area contributed by atoms with Crippen molar-refractivity contribution in [2.24, 2.45) is 7.05 Å². The van der Waals surface area contributed by atoms with Crippen molar-refractivity contribution in [1.82, 2.24) is 9.78 Å². The molecular formula is C12H11BrFN3O. The van der Waals surface area contributed by atoms with Crippen LogP contribution >= 0.6 is 15.9 Å². The molecule has 1 aromatic heterocycles. The van der Waals surface area contributed by atoms with Gasteiger partial charge in [0, 0.05) is 18.9 Å². The van der Waals surface area contributed by atoms with Crippen LogP contribution in [-0.4, -0.2) is 15.7 Å². The summed E-state index contributed by atoms with van der Waals surface area (Å²) in [6, 6.07) is 4.49. The van der Waals surface area contributed by atoms with Crippen LogP contribution in [0.3, 0.4) is 0 Å². The van der Waals surface area contributed by atoms with Crippen molar-refractivity contribution in [1.29, 1.82) is 0 Å². The first-order valence-corrected chi connectivity index (χ1v) is 6.03. The molecule has 6 heteroatoms. The van der Waals surface area contributed by atoms with Crippen molar-refractivity contribution in [3.63, 3.8) is 0 Å². The quantitative estimate of drug-likeness (QED) is 0.927. The van der Waals surface area contributed by atoms with Gasteiger partial charge in [0.2, 0.25) is 0 Å². The second-order valence-electron chi connectivity index (χ2n) is 3.91. The molecule has 1 amide bonds. The third kappa shape index (κ3) is 2.59. The van der Waals surface area contributed by atoms with E-state index in [4.69, 9.17) is 0 Å². The molecule has 94 valence electrons. The molecule has 0 bridgehead atoms. The number of carbonyl (C=O) groups is 1. The highest BCUT2D eigenvalue weighted by Gasteiger charge is 2.12. The topological polar surface area (TPSA) is 46.9 Å². The third-order valence-electron chi connectivity index (χ3n) is 2.46. The Morgan fingerprint density at radius 1 is 1.50 bits per heavy atom. The molecule has 0 atom stereocenters. The Bertz CT molecular complexity index is 609. The Morgan fingerprint density at radius 2 is 2.22 bits per heavy atom. The maximum atomic E-state index is 13.4. The first-order chi connectivity index (χ1) is 8.47. The van der Waals surface area contributed by atoms with Crippen molar-refractivity contribution in [3.05, 3.63) is 45.9 Å². The molecular weight excluding hydrogens is 301 g/mol. The lowest BCUT2D eigenvalue weighted by molar-refractivity contribution is 0.102. The lowest BCUT2D eigenvalue weighted by Crippen LogP contribution is -2.14. The van der Waals surface area contributed by atoms with Gasteiger partial charge in [0.1, 0.15) is 5.82 Å². The highest BCUT2D eigenvalue weighted by molar-refractivity contribution is 9.10. The van der Waals surface area contributed by atoms with E-state index in [0.717, 1.165) is 5.56 Å². The summed E-state index contributed by atoms with van der Waals surface area (Å²) in [5, 5.41) is 6.61. The van der Waals surface area contributed by atoms with E-state index in [0.29, 0.717) is 15.9 Å².